The Kier molecular flexibility index (Phi) is 8.01. The molecule has 0 radical (unpaired) electrons. The lowest BCUT2D eigenvalue weighted by molar-refractivity contribution is -0.149. The zero-order valence-electron chi connectivity index (χ0n) is 15.9. The third kappa shape index (κ3) is 7.23. The van der Waals surface area contributed by atoms with Crippen molar-refractivity contribution in [1.82, 2.24) is 5.32 Å². The summed E-state index contributed by atoms with van der Waals surface area (Å²) >= 11 is 0. The summed E-state index contributed by atoms with van der Waals surface area (Å²) in [7, 11) is 0. The molecular weight excluding hydrogens is 340 g/mol. The van der Waals surface area contributed by atoms with E-state index in [4.69, 9.17) is 10.5 Å². The van der Waals surface area contributed by atoms with Crippen molar-refractivity contribution in [3.05, 3.63) is 71.8 Å². The summed E-state index contributed by atoms with van der Waals surface area (Å²) in [4.78, 5) is 25.0. The molecule has 0 saturated heterocycles. The molecule has 5 nitrogen and oxygen atoms in total. The van der Waals surface area contributed by atoms with E-state index in [2.05, 4.69) is 5.32 Å². The highest BCUT2D eigenvalue weighted by atomic mass is 16.5. The number of nitrogens with two attached hydrogens (primary N) is 1. The van der Waals surface area contributed by atoms with Gasteiger partial charge in [-0.3, -0.25) is 4.79 Å². The second kappa shape index (κ2) is 10.5. The molecule has 2 aromatic carbocycles. The van der Waals surface area contributed by atoms with E-state index in [1.54, 1.807) is 0 Å². The summed E-state index contributed by atoms with van der Waals surface area (Å²) < 4.78 is 5.43. The molecule has 0 aliphatic rings. The van der Waals surface area contributed by atoms with Gasteiger partial charge in [0.15, 0.2) is 0 Å². The quantitative estimate of drug-likeness (QED) is 0.667. The van der Waals surface area contributed by atoms with Crippen LogP contribution in [0.25, 0.3) is 0 Å². The van der Waals surface area contributed by atoms with Crippen molar-refractivity contribution in [2.24, 2.45) is 11.7 Å². The lowest BCUT2D eigenvalue weighted by atomic mass is 10.0. The van der Waals surface area contributed by atoms with Gasteiger partial charge in [-0.25, -0.2) is 4.79 Å². The van der Waals surface area contributed by atoms with Crippen LogP contribution >= 0.6 is 0 Å². The molecule has 0 aliphatic heterocycles. The first-order valence-corrected chi connectivity index (χ1v) is 9.26. The number of ether oxygens (including phenoxy) is 1. The van der Waals surface area contributed by atoms with Gasteiger partial charge < -0.3 is 15.8 Å². The summed E-state index contributed by atoms with van der Waals surface area (Å²) in [5, 5.41) is 2.77. The monoisotopic (exact) mass is 368 g/mol. The predicted octanol–water partition coefficient (Wildman–Crippen LogP) is 2.83. The van der Waals surface area contributed by atoms with E-state index in [1.807, 2.05) is 74.5 Å². The van der Waals surface area contributed by atoms with Crippen LogP contribution in [-0.4, -0.2) is 24.0 Å². The van der Waals surface area contributed by atoms with Crippen LogP contribution in [0.2, 0.25) is 0 Å². The van der Waals surface area contributed by atoms with E-state index in [0.29, 0.717) is 18.8 Å². The second-order valence-electron chi connectivity index (χ2n) is 7.08. The largest absolute Gasteiger partial charge is 0.459 e. The molecule has 5 heteroatoms. The summed E-state index contributed by atoms with van der Waals surface area (Å²) in [5.41, 5.74) is 7.80. The Morgan fingerprint density at radius 2 is 1.52 bits per heavy atom. The van der Waals surface area contributed by atoms with Crippen LogP contribution in [0, 0.1) is 5.92 Å². The van der Waals surface area contributed by atoms with Crippen LogP contribution in [0.3, 0.4) is 0 Å². The summed E-state index contributed by atoms with van der Waals surface area (Å²) in [6.07, 6.45) is 0.914. The Morgan fingerprint density at radius 1 is 0.963 bits per heavy atom. The van der Waals surface area contributed by atoms with Crippen LogP contribution in [-0.2, 0) is 27.4 Å². The summed E-state index contributed by atoms with van der Waals surface area (Å²) in [5.74, 6) is -0.502. The fourth-order valence-corrected chi connectivity index (χ4v) is 2.77. The van der Waals surface area contributed by atoms with Crippen LogP contribution in [0.15, 0.2) is 60.7 Å². The third-order valence-corrected chi connectivity index (χ3v) is 4.17. The van der Waals surface area contributed by atoms with Crippen molar-refractivity contribution < 1.29 is 14.3 Å². The van der Waals surface area contributed by atoms with Crippen molar-refractivity contribution in [2.45, 2.75) is 45.4 Å². The van der Waals surface area contributed by atoms with E-state index in [-0.39, 0.29) is 12.5 Å². The first kappa shape index (κ1) is 20.6. The normalized spacial score (nSPS) is 13.0. The zero-order chi connectivity index (χ0) is 19.6. The van der Waals surface area contributed by atoms with E-state index in [1.165, 1.54) is 0 Å². The average Bonchev–Trinajstić information content (AvgIpc) is 2.66. The number of rotatable bonds is 9. The number of nitrogens with one attached hydrogen (secondary N) is 1. The minimum atomic E-state index is -0.776. The second-order valence-corrected chi connectivity index (χ2v) is 7.08. The number of benzene rings is 2. The maximum Gasteiger partial charge on any atom is 0.329 e. The molecule has 1 amide bonds. The van der Waals surface area contributed by atoms with Gasteiger partial charge in [-0.05, 0) is 23.5 Å². The van der Waals surface area contributed by atoms with Gasteiger partial charge in [0.05, 0.1) is 6.04 Å². The van der Waals surface area contributed by atoms with Crippen LogP contribution < -0.4 is 11.1 Å². The molecule has 0 fully saturated rings. The van der Waals surface area contributed by atoms with Gasteiger partial charge in [0.2, 0.25) is 5.91 Å². The number of hydrogen-bond acceptors (Lipinski definition) is 4. The van der Waals surface area contributed by atoms with Gasteiger partial charge in [-0.1, -0.05) is 74.5 Å². The maximum absolute atomic E-state index is 12.6. The maximum atomic E-state index is 12.6. The van der Waals surface area contributed by atoms with Gasteiger partial charge in [0.25, 0.3) is 0 Å². The molecule has 2 aromatic rings. The number of amides is 1. The van der Waals surface area contributed by atoms with Gasteiger partial charge in [0, 0.05) is 6.42 Å². The molecule has 0 saturated carbocycles. The van der Waals surface area contributed by atoms with E-state index in [9.17, 15) is 9.59 Å². The lowest BCUT2D eigenvalue weighted by Crippen LogP contribution is -2.50. The Hall–Kier alpha value is -2.66. The highest BCUT2D eigenvalue weighted by Gasteiger charge is 2.25. The predicted molar refractivity (Wildman–Crippen MR) is 106 cm³/mol. The van der Waals surface area contributed by atoms with Crippen LogP contribution in [0.4, 0.5) is 0 Å². The van der Waals surface area contributed by atoms with Gasteiger partial charge in [-0.2, -0.15) is 0 Å². The topological polar surface area (TPSA) is 81.4 Å². The van der Waals surface area contributed by atoms with Crippen molar-refractivity contribution in [1.29, 1.82) is 0 Å². The Labute approximate surface area is 160 Å². The van der Waals surface area contributed by atoms with Crippen molar-refractivity contribution in [3.63, 3.8) is 0 Å². The Morgan fingerprint density at radius 3 is 2.07 bits per heavy atom. The summed E-state index contributed by atoms with van der Waals surface area (Å²) in [6, 6.07) is 17.6. The summed E-state index contributed by atoms with van der Waals surface area (Å²) in [6.45, 7) is 4.17. The van der Waals surface area contributed by atoms with Crippen molar-refractivity contribution >= 4 is 11.9 Å². The van der Waals surface area contributed by atoms with Gasteiger partial charge in [-0.15, -0.1) is 0 Å². The highest BCUT2D eigenvalue weighted by molar-refractivity contribution is 5.87. The zero-order valence-corrected chi connectivity index (χ0v) is 15.9. The number of esters is 1. The fraction of sp³-hybridized carbons (Fsp3) is 0.364. The standard InChI is InChI=1S/C22H28N2O3/c1-16(2)13-19(23)21(25)24-20(14-17-9-5-3-6-10-17)22(26)27-15-18-11-7-4-8-12-18/h3-12,16,19-20H,13-15,23H2,1-2H3,(H,24,25)/t19-,20+/m1/s1. The molecular formula is C22H28N2O3. The fourth-order valence-electron chi connectivity index (χ4n) is 2.77. The Bertz CT molecular complexity index is 717. The van der Waals surface area contributed by atoms with Crippen molar-refractivity contribution in [2.75, 3.05) is 0 Å². The SMILES string of the molecule is CC(C)C[C@@H](N)C(=O)N[C@@H](Cc1ccccc1)C(=O)OCc1ccccc1. The van der Waals surface area contributed by atoms with E-state index in [0.717, 1.165) is 11.1 Å². The molecule has 144 valence electrons. The smallest absolute Gasteiger partial charge is 0.329 e. The van der Waals surface area contributed by atoms with E-state index < -0.39 is 18.1 Å². The molecule has 0 heterocycles. The molecule has 0 bridgehead atoms. The van der Waals surface area contributed by atoms with Crippen LogP contribution in [0.5, 0.6) is 0 Å². The van der Waals surface area contributed by atoms with E-state index >= 15 is 0 Å². The minimum Gasteiger partial charge on any atom is -0.459 e. The molecule has 0 unspecified atom stereocenters. The molecule has 2 atom stereocenters. The number of hydrogen-bond donors (Lipinski definition) is 2. The number of carbonyl (C=O) groups is 2. The first-order chi connectivity index (χ1) is 13.0. The minimum absolute atomic E-state index is 0.166. The molecule has 0 aliphatic carbocycles. The highest BCUT2D eigenvalue weighted by Crippen LogP contribution is 2.09. The Balaban J connectivity index is 2.03. The molecule has 0 aromatic heterocycles. The molecule has 27 heavy (non-hydrogen) atoms. The number of carbonyl (C=O) groups excluding carboxylic acids is 2. The third-order valence-electron chi connectivity index (χ3n) is 4.17. The average molecular weight is 368 g/mol. The lowest BCUT2D eigenvalue weighted by Gasteiger charge is -2.21. The molecule has 3 N–H and O–H groups in total. The molecule has 0 spiro atoms. The first-order valence-electron chi connectivity index (χ1n) is 9.26. The van der Waals surface area contributed by atoms with Gasteiger partial charge in [0.1, 0.15) is 12.6 Å². The van der Waals surface area contributed by atoms with Gasteiger partial charge >= 0.3 is 5.97 Å². The molecule has 2 rings (SSSR count). The van der Waals surface area contributed by atoms with Crippen molar-refractivity contribution in [3.8, 4) is 0 Å². The van der Waals surface area contributed by atoms with Crippen LogP contribution in [0.1, 0.15) is 31.4 Å².